The number of fused-ring (bicyclic) bond motifs is 1. The number of nitrogens with zero attached hydrogens (tertiary/aromatic N) is 2. The predicted octanol–water partition coefficient (Wildman–Crippen LogP) is 2.22. The van der Waals surface area contributed by atoms with Crippen molar-refractivity contribution < 1.29 is 15.0 Å². The van der Waals surface area contributed by atoms with E-state index in [-0.39, 0.29) is 23.2 Å². The molecule has 0 aliphatic carbocycles. The summed E-state index contributed by atoms with van der Waals surface area (Å²) in [4.78, 5) is 19.3. The number of hydrogen-bond acceptors (Lipinski definition) is 6. The second kappa shape index (κ2) is 7.05. The summed E-state index contributed by atoms with van der Waals surface area (Å²) < 4.78 is 0. The van der Waals surface area contributed by atoms with Crippen LogP contribution in [0.15, 0.2) is 52.7 Å². The highest BCUT2D eigenvalue weighted by Crippen LogP contribution is 2.24. The average molecular weight is 342 g/mol. The summed E-state index contributed by atoms with van der Waals surface area (Å²) >= 11 is 1.28. The van der Waals surface area contributed by atoms with Crippen LogP contribution >= 0.6 is 11.8 Å². The van der Waals surface area contributed by atoms with Gasteiger partial charge in [0, 0.05) is 0 Å². The Bertz CT molecular complexity index is 874. The maximum atomic E-state index is 11.8. The van der Waals surface area contributed by atoms with E-state index < -0.39 is 0 Å². The van der Waals surface area contributed by atoms with Gasteiger partial charge in [0.25, 0.3) is 5.91 Å². The molecule has 3 rings (SSSR count). The van der Waals surface area contributed by atoms with Crippen LogP contribution in [0.3, 0.4) is 0 Å². The van der Waals surface area contributed by atoms with E-state index in [1.165, 1.54) is 30.1 Å². The lowest BCUT2D eigenvalue weighted by atomic mass is 10.2. The maximum absolute atomic E-state index is 11.8. The zero-order valence-corrected chi connectivity index (χ0v) is 13.2. The smallest absolute Gasteiger partial charge is 0.250 e. The molecule has 0 aliphatic heterocycles. The first kappa shape index (κ1) is 15.9. The van der Waals surface area contributed by atoms with Gasteiger partial charge in [-0.25, -0.2) is 10.4 Å². The molecule has 0 spiro atoms. The van der Waals surface area contributed by atoms with Crippen molar-refractivity contribution in [3.8, 4) is 11.5 Å². The van der Waals surface area contributed by atoms with E-state index in [9.17, 15) is 15.0 Å². The molecule has 0 bridgehead atoms. The SMILES string of the molecule is O=C(CSc1nc2ccccc2[nH]1)N/N=C\c1ccc(O)c(O)c1. The van der Waals surface area contributed by atoms with E-state index in [0.29, 0.717) is 10.7 Å². The summed E-state index contributed by atoms with van der Waals surface area (Å²) in [6.07, 6.45) is 1.38. The molecule has 0 unspecified atom stereocenters. The molecular formula is C16H14N4O3S. The van der Waals surface area contributed by atoms with Gasteiger partial charge in [-0.05, 0) is 35.9 Å². The molecule has 8 heteroatoms. The number of rotatable bonds is 5. The monoisotopic (exact) mass is 342 g/mol. The van der Waals surface area contributed by atoms with Crippen LogP contribution in [0, 0.1) is 0 Å². The highest BCUT2D eigenvalue weighted by molar-refractivity contribution is 7.99. The highest BCUT2D eigenvalue weighted by atomic mass is 32.2. The summed E-state index contributed by atoms with van der Waals surface area (Å²) in [6, 6.07) is 11.9. The molecule has 0 saturated heterocycles. The van der Waals surface area contributed by atoms with E-state index in [1.807, 2.05) is 24.3 Å². The van der Waals surface area contributed by atoms with Crippen molar-refractivity contribution in [1.82, 2.24) is 15.4 Å². The minimum absolute atomic E-state index is 0.165. The number of amides is 1. The van der Waals surface area contributed by atoms with E-state index in [1.54, 1.807) is 6.07 Å². The number of carbonyl (C=O) groups excluding carboxylic acids is 1. The highest BCUT2D eigenvalue weighted by Gasteiger charge is 2.06. The van der Waals surface area contributed by atoms with Crippen LogP contribution in [0.5, 0.6) is 11.5 Å². The van der Waals surface area contributed by atoms with E-state index in [4.69, 9.17) is 0 Å². The van der Waals surface area contributed by atoms with Crippen molar-refractivity contribution in [2.24, 2.45) is 5.10 Å². The van der Waals surface area contributed by atoms with Crippen molar-refractivity contribution in [2.45, 2.75) is 5.16 Å². The fraction of sp³-hybridized carbons (Fsp3) is 0.0625. The van der Waals surface area contributed by atoms with Gasteiger partial charge in [0.2, 0.25) is 0 Å². The van der Waals surface area contributed by atoms with Crippen molar-refractivity contribution >= 4 is 34.9 Å². The number of nitrogens with one attached hydrogen (secondary N) is 2. The van der Waals surface area contributed by atoms with Crippen LogP contribution in [0.2, 0.25) is 0 Å². The van der Waals surface area contributed by atoms with Gasteiger partial charge in [-0.2, -0.15) is 5.10 Å². The Kier molecular flexibility index (Phi) is 4.66. The molecule has 2 aromatic carbocycles. The molecular weight excluding hydrogens is 328 g/mol. The number of thioether (sulfide) groups is 1. The molecule has 0 atom stereocenters. The summed E-state index contributed by atoms with van der Waals surface area (Å²) in [6.45, 7) is 0. The fourth-order valence-electron chi connectivity index (χ4n) is 1.96. The Morgan fingerprint density at radius 3 is 2.88 bits per heavy atom. The number of aromatic amines is 1. The summed E-state index contributed by atoms with van der Waals surface area (Å²) in [7, 11) is 0. The first-order chi connectivity index (χ1) is 11.6. The first-order valence-corrected chi connectivity index (χ1v) is 8.02. The second-order valence-electron chi connectivity index (χ2n) is 4.89. The average Bonchev–Trinajstić information content (AvgIpc) is 2.99. The largest absolute Gasteiger partial charge is 0.504 e. The zero-order chi connectivity index (χ0) is 16.9. The molecule has 1 aromatic heterocycles. The van der Waals surface area contributed by atoms with Gasteiger partial charge in [-0.3, -0.25) is 4.79 Å². The number of imidazole rings is 1. The van der Waals surface area contributed by atoms with Crippen molar-refractivity contribution in [3.05, 3.63) is 48.0 Å². The number of benzene rings is 2. The van der Waals surface area contributed by atoms with Crippen LogP contribution in [0.4, 0.5) is 0 Å². The molecule has 3 aromatic rings. The van der Waals surface area contributed by atoms with Crippen LogP contribution < -0.4 is 5.43 Å². The summed E-state index contributed by atoms with van der Waals surface area (Å²) in [5.41, 5.74) is 4.72. The van der Waals surface area contributed by atoms with Gasteiger partial charge in [-0.1, -0.05) is 23.9 Å². The normalized spacial score (nSPS) is 11.2. The third-order valence-electron chi connectivity index (χ3n) is 3.11. The van der Waals surface area contributed by atoms with E-state index >= 15 is 0 Å². The number of hydrazone groups is 1. The van der Waals surface area contributed by atoms with E-state index in [2.05, 4.69) is 20.5 Å². The Hall–Kier alpha value is -3.00. The van der Waals surface area contributed by atoms with Gasteiger partial charge in [0.1, 0.15) is 0 Å². The third kappa shape index (κ3) is 3.85. The molecule has 0 aliphatic rings. The lowest BCUT2D eigenvalue weighted by molar-refractivity contribution is -0.118. The molecule has 24 heavy (non-hydrogen) atoms. The number of para-hydroxylation sites is 2. The quantitative estimate of drug-likeness (QED) is 0.246. The summed E-state index contributed by atoms with van der Waals surface area (Å²) in [5.74, 6) is -0.568. The van der Waals surface area contributed by atoms with Gasteiger partial charge in [0.15, 0.2) is 16.7 Å². The number of phenols is 2. The number of carbonyl (C=O) groups is 1. The Balaban J connectivity index is 1.51. The van der Waals surface area contributed by atoms with Crippen LogP contribution in [-0.4, -0.2) is 38.1 Å². The number of phenolic OH excluding ortho intramolecular Hbond substituents is 2. The topological polar surface area (TPSA) is 111 Å². The second-order valence-corrected chi connectivity index (χ2v) is 5.85. The van der Waals surface area contributed by atoms with Gasteiger partial charge in [0.05, 0.1) is 23.0 Å². The molecule has 4 N–H and O–H groups in total. The minimum Gasteiger partial charge on any atom is -0.504 e. The minimum atomic E-state index is -0.278. The maximum Gasteiger partial charge on any atom is 0.250 e. The summed E-state index contributed by atoms with van der Waals surface area (Å²) in [5, 5.41) is 23.0. The Morgan fingerprint density at radius 2 is 2.08 bits per heavy atom. The van der Waals surface area contributed by atoms with Gasteiger partial charge < -0.3 is 15.2 Å². The number of hydrogen-bond donors (Lipinski definition) is 4. The van der Waals surface area contributed by atoms with Crippen LogP contribution in [0.25, 0.3) is 11.0 Å². The number of aromatic hydroxyl groups is 2. The fourth-order valence-corrected chi connectivity index (χ4v) is 2.64. The van der Waals surface area contributed by atoms with Crippen molar-refractivity contribution in [3.63, 3.8) is 0 Å². The molecule has 1 amide bonds. The lowest BCUT2D eigenvalue weighted by Crippen LogP contribution is -2.19. The Morgan fingerprint density at radius 1 is 1.25 bits per heavy atom. The number of H-pyrrole nitrogens is 1. The molecule has 0 radical (unpaired) electrons. The standard InChI is InChI=1S/C16H14N4O3S/c21-13-6-5-10(7-14(13)22)8-17-20-15(23)9-24-16-18-11-3-1-2-4-12(11)19-16/h1-8,21-22H,9H2,(H,18,19)(H,20,23)/b17-8-. The van der Waals surface area contributed by atoms with Crippen LogP contribution in [-0.2, 0) is 4.79 Å². The lowest BCUT2D eigenvalue weighted by Gasteiger charge is -1.99. The molecule has 0 saturated carbocycles. The first-order valence-electron chi connectivity index (χ1n) is 7.03. The van der Waals surface area contributed by atoms with Crippen molar-refractivity contribution in [2.75, 3.05) is 5.75 Å². The molecule has 0 fully saturated rings. The molecule has 1 heterocycles. The third-order valence-corrected chi connectivity index (χ3v) is 3.98. The van der Waals surface area contributed by atoms with Gasteiger partial charge >= 0.3 is 0 Å². The molecule has 122 valence electrons. The van der Waals surface area contributed by atoms with Gasteiger partial charge in [-0.15, -0.1) is 0 Å². The predicted molar refractivity (Wildman–Crippen MR) is 92.3 cm³/mol. The number of aromatic nitrogens is 2. The van der Waals surface area contributed by atoms with Crippen LogP contribution in [0.1, 0.15) is 5.56 Å². The zero-order valence-electron chi connectivity index (χ0n) is 12.4. The molecule has 7 nitrogen and oxygen atoms in total. The Labute approximate surface area is 141 Å². The van der Waals surface area contributed by atoms with Crippen molar-refractivity contribution in [1.29, 1.82) is 0 Å². The van der Waals surface area contributed by atoms with E-state index in [0.717, 1.165) is 11.0 Å².